The first-order valence-corrected chi connectivity index (χ1v) is 6.64. The van der Waals surface area contributed by atoms with Gasteiger partial charge in [0.15, 0.2) is 0 Å². The third-order valence-corrected chi connectivity index (χ3v) is 3.54. The molecule has 96 valence electrons. The zero-order valence-electron chi connectivity index (χ0n) is 8.43. The Morgan fingerprint density at radius 2 is 2.12 bits per heavy atom. The second-order valence-electron chi connectivity index (χ2n) is 3.07. The van der Waals surface area contributed by atoms with Gasteiger partial charge in [-0.1, -0.05) is 23.2 Å². The fraction of sp³-hybridized carbons (Fsp3) is 0.444. The minimum Gasteiger partial charge on any atom is -0.332 e. The molecule has 0 unspecified atom stereocenters. The summed E-state index contributed by atoms with van der Waals surface area (Å²) >= 11 is 17.9. The Morgan fingerprint density at radius 3 is 2.53 bits per heavy atom. The topological polar surface area (TPSA) is 20.3 Å². The molecule has 0 fully saturated rings. The third kappa shape index (κ3) is 4.25. The predicted molar refractivity (Wildman–Crippen MR) is 67.0 cm³/mol. The Morgan fingerprint density at radius 1 is 1.47 bits per heavy atom. The maximum atomic E-state index is 12.3. The molecule has 0 bridgehead atoms. The molecule has 0 saturated carbocycles. The maximum absolute atomic E-state index is 12.3. The second kappa shape index (κ2) is 6.73. The number of alkyl halides is 3. The van der Waals surface area contributed by atoms with E-state index in [4.69, 9.17) is 34.8 Å². The summed E-state index contributed by atoms with van der Waals surface area (Å²) in [5.41, 5.74) is 0.132. The van der Waals surface area contributed by atoms with Crippen LogP contribution in [0.2, 0.25) is 8.67 Å². The van der Waals surface area contributed by atoms with E-state index in [0.717, 1.165) is 16.2 Å². The number of carbonyl (C=O) groups is 1. The number of rotatable bonds is 5. The number of hydrogen-bond acceptors (Lipinski definition) is 2. The zero-order valence-corrected chi connectivity index (χ0v) is 11.5. The van der Waals surface area contributed by atoms with E-state index in [1.165, 1.54) is 6.07 Å². The van der Waals surface area contributed by atoms with Crippen LogP contribution in [0.25, 0.3) is 0 Å². The average molecular weight is 323 g/mol. The van der Waals surface area contributed by atoms with Crippen LogP contribution in [0.1, 0.15) is 10.4 Å². The number of hydrogen-bond donors (Lipinski definition) is 0. The minimum atomic E-state index is -2.62. The SMILES string of the molecule is O=C(c1cc(Cl)sc1Cl)N(CCCl)CC(F)F. The van der Waals surface area contributed by atoms with Crippen molar-refractivity contribution in [2.24, 2.45) is 0 Å². The average Bonchev–Trinajstić information content (AvgIpc) is 2.55. The number of thiophene rings is 1. The molecule has 0 aliphatic heterocycles. The van der Waals surface area contributed by atoms with Crippen molar-refractivity contribution in [3.63, 3.8) is 0 Å². The van der Waals surface area contributed by atoms with Gasteiger partial charge < -0.3 is 4.90 Å². The monoisotopic (exact) mass is 321 g/mol. The van der Waals surface area contributed by atoms with Gasteiger partial charge in [0.2, 0.25) is 0 Å². The van der Waals surface area contributed by atoms with Gasteiger partial charge in [-0.2, -0.15) is 0 Å². The molecule has 0 N–H and O–H groups in total. The standard InChI is InChI=1S/C9H8Cl3F2NOS/c10-1-2-15(4-7(13)14)9(16)5-3-6(11)17-8(5)12/h3,7H,1-2,4H2. The fourth-order valence-corrected chi connectivity index (χ4v) is 2.85. The van der Waals surface area contributed by atoms with Gasteiger partial charge in [-0.3, -0.25) is 4.79 Å². The van der Waals surface area contributed by atoms with Gasteiger partial charge in [0, 0.05) is 12.4 Å². The van der Waals surface area contributed by atoms with Crippen LogP contribution < -0.4 is 0 Å². The lowest BCUT2D eigenvalue weighted by Gasteiger charge is -2.20. The Labute approximate surface area is 116 Å². The highest BCUT2D eigenvalue weighted by molar-refractivity contribution is 7.20. The first-order valence-electron chi connectivity index (χ1n) is 4.54. The normalized spacial score (nSPS) is 10.9. The van der Waals surface area contributed by atoms with Crippen molar-refractivity contribution in [2.75, 3.05) is 19.0 Å². The van der Waals surface area contributed by atoms with Gasteiger partial charge >= 0.3 is 0 Å². The molecule has 17 heavy (non-hydrogen) atoms. The Kier molecular flexibility index (Phi) is 5.92. The van der Waals surface area contributed by atoms with Crippen LogP contribution >= 0.6 is 46.1 Å². The lowest BCUT2D eigenvalue weighted by atomic mass is 10.3. The highest BCUT2D eigenvalue weighted by Gasteiger charge is 2.22. The van der Waals surface area contributed by atoms with E-state index in [1.807, 2.05) is 0 Å². The number of nitrogens with zero attached hydrogens (tertiary/aromatic N) is 1. The molecule has 0 aliphatic carbocycles. The summed E-state index contributed by atoms with van der Waals surface area (Å²) in [4.78, 5) is 12.9. The second-order valence-corrected chi connectivity index (χ2v) is 5.73. The van der Waals surface area contributed by atoms with E-state index in [1.54, 1.807) is 0 Å². The molecule has 8 heteroatoms. The summed E-state index contributed by atoms with van der Waals surface area (Å²) < 4.78 is 25.1. The van der Waals surface area contributed by atoms with Crippen LogP contribution in [0.5, 0.6) is 0 Å². The lowest BCUT2D eigenvalue weighted by Crippen LogP contribution is -2.36. The van der Waals surface area contributed by atoms with Crippen molar-refractivity contribution in [1.82, 2.24) is 4.90 Å². The molecule has 2 nitrogen and oxygen atoms in total. The third-order valence-electron chi connectivity index (χ3n) is 1.89. The molecule has 0 radical (unpaired) electrons. The molecule has 1 aromatic heterocycles. The smallest absolute Gasteiger partial charge is 0.256 e. The highest BCUT2D eigenvalue weighted by atomic mass is 35.5. The maximum Gasteiger partial charge on any atom is 0.256 e. The first kappa shape index (κ1) is 15.0. The van der Waals surface area contributed by atoms with E-state index in [2.05, 4.69) is 0 Å². The van der Waals surface area contributed by atoms with Gasteiger partial charge in [-0.25, -0.2) is 8.78 Å². The van der Waals surface area contributed by atoms with E-state index < -0.39 is 18.9 Å². The van der Waals surface area contributed by atoms with Crippen LogP contribution in [0, 0.1) is 0 Å². The molecule has 0 spiro atoms. The molecule has 1 aromatic rings. The van der Waals surface area contributed by atoms with E-state index in [-0.39, 0.29) is 22.3 Å². The molecule has 0 atom stereocenters. The van der Waals surface area contributed by atoms with Gasteiger partial charge in [-0.15, -0.1) is 22.9 Å². The Balaban J connectivity index is 2.87. The minimum absolute atomic E-state index is 0.0362. The molecule has 1 heterocycles. The zero-order chi connectivity index (χ0) is 13.0. The van der Waals surface area contributed by atoms with Crippen molar-refractivity contribution in [2.45, 2.75) is 6.43 Å². The molecule has 0 saturated heterocycles. The van der Waals surface area contributed by atoms with Crippen molar-refractivity contribution in [3.05, 3.63) is 20.3 Å². The van der Waals surface area contributed by atoms with Crippen LogP contribution in [0.15, 0.2) is 6.07 Å². The van der Waals surface area contributed by atoms with Crippen LogP contribution in [-0.4, -0.2) is 36.2 Å². The summed E-state index contributed by atoms with van der Waals surface area (Å²) in [5.74, 6) is -0.507. The first-order chi connectivity index (χ1) is 7.95. The number of amides is 1. The van der Waals surface area contributed by atoms with Crippen LogP contribution in [0.3, 0.4) is 0 Å². The van der Waals surface area contributed by atoms with E-state index in [9.17, 15) is 13.6 Å². The Bertz CT molecular complexity index is 400. The summed E-state index contributed by atoms with van der Waals surface area (Å²) in [5, 5.41) is 0. The van der Waals surface area contributed by atoms with Crippen LogP contribution in [0.4, 0.5) is 8.78 Å². The van der Waals surface area contributed by atoms with Gasteiger partial charge in [0.1, 0.15) is 4.34 Å². The summed E-state index contributed by atoms with van der Waals surface area (Å²) in [6, 6.07) is 1.36. The van der Waals surface area contributed by atoms with Gasteiger partial charge in [0.05, 0.1) is 16.4 Å². The highest BCUT2D eigenvalue weighted by Crippen LogP contribution is 2.32. The fourth-order valence-electron chi connectivity index (χ4n) is 1.20. The van der Waals surface area contributed by atoms with Crippen molar-refractivity contribution >= 4 is 52.0 Å². The summed E-state index contributed by atoms with van der Waals surface area (Å²) in [7, 11) is 0. The molecular weight excluding hydrogens is 315 g/mol. The lowest BCUT2D eigenvalue weighted by molar-refractivity contribution is 0.0571. The largest absolute Gasteiger partial charge is 0.332 e. The van der Waals surface area contributed by atoms with E-state index >= 15 is 0 Å². The van der Waals surface area contributed by atoms with Gasteiger partial charge in [0.25, 0.3) is 12.3 Å². The Hall–Kier alpha value is -0.100. The van der Waals surface area contributed by atoms with Gasteiger partial charge in [-0.05, 0) is 6.07 Å². The number of halogens is 5. The van der Waals surface area contributed by atoms with Crippen LogP contribution in [-0.2, 0) is 0 Å². The van der Waals surface area contributed by atoms with Crippen molar-refractivity contribution in [3.8, 4) is 0 Å². The molecule has 0 aliphatic rings. The van der Waals surface area contributed by atoms with Crippen molar-refractivity contribution < 1.29 is 13.6 Å². The molecular formula is C9H8Cl3F2NOS. The summed E-state index contributed by atoms with van der Waals surface area (Å²) in [6.45, 7) is -0.635. The molecule has 0 aromatic carbocycles. The molecule has 1 rings (SSSR count). The number of carbonyl (C=O) groups excluding carboxylic acids is 1. The van der Waals surface area contributed by atoms with E-state index in [0.29, 0.717) is 4.34 Å². The van der Waals surface area contributed by atoms with Crippen molar-refractivity contribution in [1.29, 1.82) is 0 Å². The predicted octanol–water partition coefficient (Wildman–Crippen LogP) is 4.00. The quantitative estimate of drug-likeness (QED) is 0.750. The molecule has 1 amide bonds. The summed E-state index contributed by atoms with van der Waals surface area (Å²) in [6.07, 6.45) is -2.62.